The lowest BCUT2D eigenvalue weighted by molar-refractivity contribution is -0.0268. The Balaban J connectivity index is 1.94. The molecule has 3 rings (SSSR count). The third kappa shape index (κ3) is 3.23. The van der Waals surface area contributed by atoms with Crippen molar-refractivity contribution in [1.29, 1.82) is 0 Å². The number of hydrogen-bond acceptors (Lipinski definition) is 4. The smallest absolute Gasteiger partial charge is 0.161 e. The van der Waals surface area contributed by atoms with Gasteiger partial charge < -0.3 is 20.3 Å². The SMILES string of the molecule is C=CCNC[C@H]1O[C@@H](c2ccccc2)Cc2c1ccc(O)c2O. The molecule has 0 saturated heterocycles. The molecule has 0 unspecified atom stereocenters. The van der Waals surface area contributed by atoms with Crippen molar-refractivity contribution in [3.05, 3.63) is 71.8 Å². The highest BCUT2D eigenvalue weighted by molar-refractivity contribution is 5.51. The molecule has 0 spiro atoms. The molecule has 120 valence electrons. The number of benzene rings is 2. The van der Waals surface area contributed by atoms with Gasteiger partial charge in [0.1, 0.15) is 0 Å². The van der Waals surface area contributed by atoms with Gasteiger partial charge in [0.15, 0.2) is 11.5 Å². The predicted octanol–water partition coefficient (Wildman–Crippen LogP) is 3.23. The van der Waals surface area contributed by atoms with Crippen LogP contribution in [0.2, 0.25) is 0 Å². The summed E-state index contributed by atoms with van der Waals surface area (Å²) in [5.41, 5.74) is 2.74. The summed E-state index contributed by atoms with van der Waals surface area (Å²) in [6.45, 7) is 5.01. The lowest BCUT2D eigenvalue weighted by atomic mass is 9.90. The van der Waals surface area contributed by atoms with E-state index in [4.69, 9.17) is 4.74 Å². The molecule has 0 aromatic heterocycles. The number of phenols is 2. The number of aromatic hydroxyl groups is 2. The van der Waals surface area contributed by atoms with Crippen LogP contribution in [0.15, 0.2) is 55.1 Å². The van der Waals surface area contributed by atoms with Crippen molar-refractivity contribution in [3.8, 4) is 11.5 Å². The summed E-state index contributed by atoms with van der Waals surface area (Å²) in [6.07, 6.45) is 2.01. The number of nitrogens with one attached hydrogen (secondary N) is 1. The zero-order chi connectivity index (χ0) is 16.2. The van der Waals surface area contributed by atoms with Crippen LogP contribution < -0.4 is 5.32 Å². The fourth-order valence-corrected chi connectivity index (χ4v) is 3.00. The minimum absolute atomic E-state index is 0.0412. The summed E-state index contributed by atoms with van der Waals surface area (Å²) < 4.78 is 6.25. The van der Waals surface area contributed by atoms with Crippen molar-refractivity contribution in [2.24, 2.45) is 0 Å². The number of phenolic OH excluding ortho intramolecular Hbond substituents is 2. The van der Waals surface area contributed by atoms with E-state index in [0.29, 0.717) is 19.5 Å². The van der Waals surface area contributed by atoms with E-state index >= 15 is 0 Å². The van der Waals surface area contributed by atoms with Gasteiger partial charge in [-0.1, -0.05) is 42.5 Å². The highest BCUT2D eigenvalue weighted by Crippen LogP contribution is 2.43. The number of ether oxygens (including phenoxy) is 1. The van der Waals surface area contributed by atoms with Crippen LogP contribution in [0.1, 0.15) is 28.9 Å². The third-order valence-electron chi connectivity index (χ3n) is 4.15. The topological polar surface area (TPSA) is 61.7 Å². The molecule has 3 N–H and O–H groups in total. The van der Waals surface area contributed by atoms with Crippen LogP contribution in [0.25, 0.3) is 0 Å². The van der Waals surface area contributed by atoms with Crippen molar-refractivity contribution >= 4 is 0 Å². The van der Waals surface area contributed by atoms with Crippen molar-refractivity contribution in [3.63, 3.8) is 0 Å². The second-order valence-corrected chi connectivity index (χ2v) is 5.68. The molecule has 4 nitrogen and oxygen atoms in total. The molecule has 0 bridgehead atoms. The first-order valence-corrected chi connectivity index (χ1v) is 7.76. The van der Waals surface area contributed by atoms with Gasteiger partial charge in [0, 0.05) is 25.1 Å². The molecular formula is C19H21NO3. The molecular weight excluding hydrogens is 290 g/mol. The molecule has 4 heteroatoms. The van der Waals surface area contributed by atoms with Crippen molar-refractivity contribution in [1.82, 2.24) is 5.32 Å². The highest BCUT2D eigenvalue weighted by Gasteiger charge is 2.31. The van der Waals surface area contributed by atoms with Crippen molar-refractivity contribution in [2.75, 3.05) is 13.1 Å². The van der Waals surface area contributed by atoms with Crippen LogP contribution in [0.5, 0.6) is 11.5 Å². The van der Waals surface area contributed by atoms with Gasteiger partial charge in [-0.3, -0.25) is 0 Å². The summed E-state index contributed by atoms with van der Waals surface area (Å²) >= 11 is 0. The Labute approximate surface area is 136 Å². The molecule has 2 aromatic carbocycles. The first-order valence-electron chi connectivity index (χ1n) is 7.76. The Kier molecular flexibility index (Phi) is 4.65. The summed E-state index contributed by atoms with van der Waals surface area (Å²) in [5, 5.41) is 23.3. The van der Waals surface area contributed by atoms with Gasteiger partial charge in [-0.05, 0) is 17.2 Å². The molecule has 0 radical (unpaired) electrons. The molecule has 1 aliphatic heterocycles. The van der Waals surface area contributed by atoms with Crippen molar-refractivity contribution in [2.45, 2.75) is 18.6 Å². The lowest BCUT2D eigenvalue weighted by Crippen LogP contribution is -2.29. The standard InChI is InChI=1S/C19H21NO3/c1-2-10-20-12-18-14-8-9-16(21)19(22)15(14)11-17(23-18)13-6-4-3-5-7-13/h2-9,17-18,20-22H,1,10-12H2/t17-,18-/m1/s1. The Morgan fingerprint density at radius 2 is 1.96 bits per heavy atom. The zero-order valence-electron chi connectivity index (χ0n) is 12.9. The van der Waals surface area contributed by atoms with Crippen LogP contribution in [0.3, 0.4) is 0 Å². The molecule has 1 aliphatic rings. The normalized spacial score (nSPS) is 20.0. The van der Waals surface area contributed by atoms with E-state index < -0.39 is 0 Å². The number of hydrogen-bond donors (Lipinski definition) is 3. The van der Waals surface area contributed by atoms with Gasteiger partial charge in [0.25, 0.3) is 0 Å². The fraction of sp³-hybridized carbons (Fsp3) is 0.263. The van der Waals surface area contributed by atoms with Gasteiger partial charge in [-0.15, -0.1) is 6.58 Å². The number of rotatable bonds is 5. The summed E-state index contributed by atoms with van der Waals surface area (Å²) in [5.74, 6) is -0.129. The number of fused-ring (bicyclic) bond motifs is 1. The quantitative estimate of drug-likeness (QED) is 0.451. The maximum absolute atomic E-state index is 10.3. The van der Waals surface area contributed by atoms with Gasteiger partial charge in [-0.25, -0.2) is 0 Å². The van der Waals surface area contributed by atoms with E-state index in [1.54, 1.807) is 6.08 Å². The van der Waals surface area contributed by atoms with Crippen LogP contribution in [0, 0.1) is 0 Å². The van der Waals surface area contributed by atoms with Crippen LogP contribution in [-0.4, -0.2) is 23.3 Å². The second-order valence-electron chi connectivity index (χ2n) is 5.68. The van der Waals surface area contributed by atoms with Crippen LogP contribution >= 0.6 is 0 Å². The van der Waals surface area contributed by atoms with Crippen LogP contribution in [-0.2, 0) is 11.2 Å². The zero-order valence-corrected chi connectivity index (χ0v) is 12.9. The first-order chi connectivity index (χ1) is 11.2. The van der Waals surface area contributed by atoms with E-state index in [0.717, 1.165) is 16.7 Å². The Bertz CT molecular complexity index is 685. The Morgan fingerprint density at radius 1 is 1.17 bits per heavy atom. The monoisotopic (exact) mass is 311 g/mol. The summed E-state index contributed by atoms with van der Waals surface area (Å²) in [6, 6.07) is 13.3. The maximum Gasteiger partial charge on any atom is 0.161 e. The Morgan fingerprint density at radius 3 is 2.70 bits per heavy atom. The minimum Gasteiger partial charge on any atom is -0.504 e. The molecule has 2 aromatic rings. The molecule has 0 fully saturated rings. The maximum atomic E-state index is 10.3. The average molecular weight is 311 g/mol. The molecule has 0 saturated carbocycles. The second kappa shape index (κ2) is 6.86. The largest absolute Gasteiger partial charge is 0.504 e. The van der Waals surface area contributed by atoms with Gasteiger partial charge in [0.05, 0.1) is 12.2 Å². The van der Waals surface area contributed by atoms with Gasteiger partial charge in [-0.2, -0.15) is 0 Å². The highest BCUT2D eigenvalue weighted by atomic mass is 16.5. The molecule has 0 amide bonds. The van der Waals surface area contributed by atoms with E-state index in [-0.39, 0.29) is 23.7 Å². The van der Waals surface area contributed by atoms with Crippen LogP contribution in [0.4, 0.5) is 0 Å². The molecule has 2 atom stereocenters. The first kappa shape index (κ1) is 15.6. The van der Waals surface area contributed by atoms with E-state index in [1.165, 1.54) is 6.07 Å². The van der Waals surface area contributed by atoms with Crippen molar-refractivity contribution < 1.29 is 14.9 Å². The lowest BCUT2D eigenvalue weighted by Gasteiger charge is -2.33. The summed E-state index contributed by atoms with van der Waals surface area (Å²) in [7, 11) is 0. The van der Waals surface area contributed by atoms with Gasteiger partial charge in [0.2, 0.25) is 0 Å². The van der Waals surface area contributed by atoms with E-state index in [1.807, 2.05) is 36.4 Å². The molecule has 23 heavy (non-hydrogen) atoms. The van der Waals surface area contributed by atoms with E-state index in [2.05, 4.69) is 11.9 Å². The fourth-order valence-electron chi connectivity index (χ4n) is 3.00. The van der Waals surface area contributed by atoms with Gasteiger partial charge >= 0.3 is 0 Å². The molecule has 0 aliphatic carbocycles. The summed E-state index contributed by atoms with van der Waals surface area (Å²) in [4.78, 5) is 0. The van der Waals surface area contributed by atoms with E-state index in [9.17, 15) is 10.2 Å². The predicted molar refractivity (Wildman–Crippen MR) is 89.6 cm³/mol. The minimum atomic E-state index is -0.185. The average Bonchev–Trinajstić information content (AvgIpc) is 2.59. The Hall–Kier alpha value is -2.30. The third-order valence-corrected chi connectivity index (χ3v) is 4.15. The molecule has 1 heterocycles.